The van der Waals surface area contributed by atoms with Crippen molar-refractivity contribution in [2.45, 2.75) is 65.0 Å². The van der Waals surface area contributed by atoms with Crippen molar-refractivity contribution in [2.75, 3.05) is 0 Å². The van der Waals surface area contributed by atoms with E-state index in [-0.39, 0.29) is 12.1 Å². The van der Waals surface area contributed by atoms with Crippen LogP contribution in [0.2, 0.25) is 0 Å². The highest BCUT2D eigenvalue weighted by Crippen LogP contribution is 2.46. The lowest BCUT2D eigenvalue weighted by atomic mass is 9.66. The van der Waals surface area contributed by atoms with Crippen molar-refractivity contribution in [3.05, 3.63) is 0 Å². The Kier molecular flexibility index (Phi) is 3.58. The first-order valence-electron chi connectivity index (χ1n) is 7.36. The average molecular weight is 275 g/mol. The van der Waals surface area contributed by atoms with E-state index in [0.717, 1.165) is 25.7 Å². The summed E-state index contributed by atoms with van der Waals surface area (Å²) in [5.74, 6) is 3.76. The molecule has 0 aromatic heterocycles. The second kappa shape index (κ2) is 4.80. The zero-order valence-corrected chi connectivity index (χ0v) is 12.9. The van der Waals surface area contributed by atoms with Crippen molar-refractivity contribution in [2.24, 2.45) is 22.1 Å². The normalized spacial score (nSPS) is 32.1. The summed E-state index contributed by atoms with van der Waals surface area (Å²) in [5, 5.41) is 0. The summed E-state index contributed by atoms with van der Waals surface area (Å²) in [5.41, 5.74) is 5.94. The summed E-state index contributed by atoms with van der Waals surface area (Å²) >= 11 is 0. The second-order valence-corrected chi connectivity index (χ2v) is 7.16. The van der Waals surface area contributed by atoms with E-state index in [9.17, 15) is 4.79 Å². The van der Waals surface area contributed by atoms with Gasteiger partial charge in [-0.3, -0.25) is 4.90 Å². The number of carbonyl (C=O) groups excluding carboxylic acids is 1. The third-order valence-electron chi connectivity index (χ3n) is 5.03. The van der Waals surface area contributed by atoms with Crippen LogP contribution in [0.15, 0.2) is 4.99 Å². The van der Waals surface area contributed by atoms with Crippen molar-refractivity contribution in [3.63, 3.8) is 0 Å². The van der Waals surface area contributed by atoms with Crippen LogP contribution in [-0.4, -0.2) is 28.3 Å². The van der Waals surface area contributed by atoms with Gasteiger partial charge in [-0.05, 0) is 43.9 Å². The molecular weight excluding hydrogens is 250 g/mol. The molecule has 0 saturated heterocycles. The number of nitrogens with zero attached hydrogens (tertiary/aromatic N) is 2. The monoisotopic (exact) mass is 275 g/mol. The Morgan fingerprint density at radius 2 is 2.00 bits per heavy atom. The Balaban J connectivity index is 2.25. The minimum absolute atomic E-state index is 0.265. The maximum Gasteiger partial charge on any atom is 0.347 e. The van der Waals surface area contributed by atoms with Crippen molar-refractivity contribution >= 4 is 11.9 Å². The van der Waals surface area contributed by atoms with Gasteiger partial charge in [0.25, 0.3) is 0 Å². The fourth-order valence-electron chi connectivity index (χ4n) is 3.64. The van der Waals surface area contributed by atoms with Crippen molar-refractivity contribution in [1.82, 2.24) is 4.90 Å². The maximum atomic E-state index is 12.1. The third kappa shape index (κ3) is 2.19. The molecule has 0 aromatic rings. The molecule has 0 aromatic carbocycles. The first-order valence-corrected chi connectivity index (χ1v) is 7.36. The van der Waals surface area contributed by atoms with Gasteiger partial charge in [0.1, 0.15) is 11.4 Å². The fraction of sp³-hybridized carbons (Fsp3) is 0.750. The van der Waals surface area contributed by atoms with Gasteiger partial charge in [-0.15, -0.1) is 6.42 Å². The minimum Gasteiger partial charge on any atom is -0.385 e. The SMILES string of the molecule is C#CC(C)N1C(=O)N=C(N)C12CCC(C(C)(C)C)CC2. The number of urea groups is 1. The van der Waals surface area contributed by atoms with E-state index in [4.69, 9.17) is 12.2 Å². The zero-order valence-electron chi connectivity index (χ0n) is 12.9. The standard InChI is InChI=1S/C16H25N3O/c1-6-11(2)19-14(20)18-13(17)16(19)9-7-12(8-10-16)15(3,4)5/h1,11-12H,7-10H2,2-5H3,(H2,17,18,20). The van der Waals surface area contributed by atoms with Crippen LogP contribution >= 0.6 is 0 Å². The van der Waals surface area contributed by atoms with E-state index in [1.165, 1.54) is 0 Å². The predicted octanol–water partition coefficient (Wildman–Crippen LogP) is 2.78. The van der Waals surface area contributed by atoms with E-state index in [2.05, 4.69) is 31.7 Å². The molecule has 4 nitrogen and oxygen atoms in total. The summed E-state index contributed by atoms with van der Waals surface area (Å²) in [7, 11) is 0. The van der Waals surface area contributed by atoms with E-state index < -0.39 is 5.54 Å². The number of terminal acetylenes is 1. The molecule has 2 N–H and O–H groups in total. The molecule has 1 unspecified atom stereocenters. The van der Waals surface area contributed by atoms with Crippen LogP contribution < -0.4 is 5.73 Å². The molecule has 1 aliphatic heterocycles. The van der Waals surface area contributed by atoms with E-state index in [0.29, 0.717) is 17.2 Å². The lowest BCUT2D eigenvalue weighted by molar-refractivity contribution is 0.0815. The molecular formula is C16H25N3O. The summed E-state index contributed by atoms with van der Waals surface area (Å²) < 4.78 is 0. The Morgan fingerprint density at radius 1 is 1.45 bits per heavy atom. The van der Waals surface area contributed by atoms with Crippen LogP contribution in [0.1, 0.15) is 53.4 Å². The fourth-order valence-corrected chi connectivity index (χ4v) is 3.64. The molecule has 1 saturated carbocycles. The quantitative estimate of drug-likeness (QED) is 0.748. The third-order valence-corrected chi connectivity index (χ3v) is 5.03. The number of amidine groups is 1. The van der Waals surface area contributed by atoms with Crippen molar-refractivity contribution < 1.29 is 4.79 Å². The van der Waals surface area contributed by atoms with Gasteiger partial charge < -0.3 is 5.73 Å². The molecule has 2 aliphatic rings. The highest BCUT2D eigenvalue weighted by atomic mass is 16.2. The summed E-state index contributed by atoms with van der Waals surface area (Å²) in [6, 6.07) is -0.541. The van der Waals surface area contributed by atoms with Crippen LogP contribution in [0.4, 0.5) is 4.79 Å². The van der Waals surface area contributed by atoms with Gasteiger partial charge >= 0.3 is 6.03 Å². The lowest BCUT2D eigenvalue weighted by Crippen LogP contribution is -2.59. The Bertz CT molecular complexity index is 473. The number of nitrogens with two attached hydrogens (primary N) is 1. The van der Waals surface area contributed by atoms with E-state index >= 15 is 0 Å². The zero-order chi connectivity index (χ0) is 15.1. The molecule has 0 bridgehead atoms. The van der Waals surface area contributed by atoms with Crippen LogP contribution in [-0.2, 0) is 0 Å². The largest absolute Gasteiger partial charge is 0.385 e. The molecule has 1 fully saturated rings. The highest BCUT2D eigenvalue weighted by Gasteiger charge is 2.52. The van der Waals surface area contributed by atoms with Crippen LogP contribution in [0, 0.1) is 23.7 Å². The van der Waals surface area contributed by atoms with E-state index in [1.54, 1.807) is 4.90 Å². The van der Waals surface area contributed by atoms with Gasteiger partial charge in [0, 0.05) is 0 Å². The molecule has 20 heavy (non-hydrogen) atoms. The molecule has 4 heteroatoms. The van der Waals surface area contributed by atoms with Gasteiger partial charge in [0.15, 0.2) is 0 Å². The molecule has 2 amide bonds. The number of carbonyl (C=O) groups is 1. The Labute approximate surface area is 121 Å². The number of hydrogen-bond donors (Lipinski definition) is 1. The molecule has 1 heterocycles. The smallest absolute Gasteiger partial charge is 0.347 e. The topological polar surface area (TPSA) is 58.7 Å². The molecule has 110 valence electrons. The van der Waals surface area contributed by atoms with Crippen LogP contribution in [0.3, 0.4) is 0 Å². The summed E-state index contributed by atoms with van der Waals surface area (Å²) in [4.78, 5) is 17.8. The van der Waals surface area contributed by atoms with Crippen molar-refractivity contribution in [1.29, 1.82) is 0 Å². The number of rotatable bonds is 1. The molecule has 0 radical (unpaired) electrons. The van der Waals surface area contributed by atoms with Gasteiger partial charge in [0.05, 0.1) is 6.04 Å². The first kappa shape index (κ1) is 14.9. The predicted molar refractivity (Wildman–Crippen MR) is 81.3 cm³/mol. The van der Waals surface area contributed by atoms with Gasteiger partial charge in [-0.25, -0.2) is 4.79 Å². The highest BCUT2D eigenvalue weighted by molar-refractivity contribution is 6.06. The number of hydrogen-bond acceptors (Lipinski definition) is 2. The molecule has 1 spiro atoms. The first-order chi connectivity index (χ1) is 9.22. The van der Waals surface area contributed by atoms with Crippen molar-refractivity contribution in [3.8, 4) is 12.3 Å². The van der Waals surface area contributed by atoms with Gasteiger partial charge in [0.2, 0.25) is 0 Å². The Hall–Kier alpha value is -1.50. The number of amides is 2. The average Bonchev–Trinajstić information content (AvgIpc) is 2.60. The lowest BCUT2D eigenvalue weighted by Gasteiger charge is -2.47. The van der Waals surface area contributed by atoms with Gasteiger partial charge in [-0.2, -0.15) is 4.99 Å². The van der Waals surface area contributed by atoms with Crippen LogP contribution in [0.25, 0.3) is 0 Å². The maximum absolute atomic E-state index is 12.1. The summed E-state index contributed by atoms with van der Waals surface area (Å²) in [6.07, 6.45) is 9.35. The minimum atomic E-state index is -0.440. The van der Waals surface area contributed by atoms with Gasteiger partial charge in [-0.1, -0.05) is 26.7 Å². The van der Waals surface area contributed by atoms with Crippen LogP contribution in [0.5, 0.6) is 0 Å². The Morgan fingerprint density at radius 3 is 2.45 bits per heavy atom. The second-order valence-electron chi connectivity index (χ2n) is 7.16. The molecule has 1 aliphatic carbocycles. The molecule has 1 atom stereocenters. The molecule has 2 rings (SSSR count). The summed E-state index contributed by atoms with van der Waals surface area (Å²) in [6.45, 7) is 8.68. The number of aliphatic imine (C=N–C) groups is 1. The van der Waals surface area contributed by atoms with E-state index in [1.807, 2.05) is 6.92 Å².